The Bertz CT molecular complexity index is 757. The molecule has 0 bridgehead atoms. The second-order valence-electron chi connectivity index (χ2n) is 6.56. The standard InChI is InChI=1S/C17H24FN3O4S/c1-2-19-5-7-20(8-6-19)17(22)14-3-4-15(18)16(13-14)26(23,24)21-9-11-25-12-10-21/h3-4,13H,2,5-12H2,1H3/p+1. The molecule has 0 aromatic heterocycles. The number of morpholine rings is 1. The van der Waals surface area contributed by atoms with Crippen molar-refractivity contribution >= 4 is 15.9 Å². The van der Waals surface area contributed by atoms with Crippen LogP contribution in [0.5, 0.6) is 0 Å². The van der Waals surface area contributed by atoms with Crippen molar-refractivity contribution < 1.29 is 27.2 Å². The summed E-state index contributed by atoms with van der Waals surface area (Å²) in [5.41, 5.74) is 0.207. The molecule has 2 aliphatic rings. The molecule has 9 heteroatoms. The third-order valence-electron chi connectivity index (χ3n) is 5.02. The summed E-state index contributed by atoms with van der Waals surface area (Å²) in [5.74, 6) is -1.09. The number of nitrogens with zero attached hydrogens (tertiary/aromatic N) is 2. The number of rotatable bonds is 4. The predicted octanol–water partition coefficient (Wildman–Crippen LogP) is -0.793. The first kappa shape index (κ1) is 19.2. The molecular formula is C17H25FN3O4S+. The van der Waals surface area contributed by atoms with Crippen molar-refractivity contribution in [3.8, 4) is 0 Å². The van der Waals surface area contributed by atoms with Crippen LogP contribution in [-0.2, 0) is 14.8 Å². The predicted molar refractivity (Wildman–Crippen MR) is 93.1 cm³/mol. The average Bonchev–Trinajstić information content (AvgIpc) is 2.68. The summed E-state index contributed by atoms with van der Waals surface area (Å²) in [6.45, 7) is 7.01. The quantitative estimate of drug-likeness (QED) is 0.736. The topological polar surface area (TPSA) is 71.4 Å². The van der Waals surface area contributed by atoms with Gasteiger partial charge < -0.3 is 14.5 Å². The van der Waals surface area contributed by atoms with E-state index >= 15 is 0 Å². The number of ether oxygens (including phenoxy) is 1. The third-order valence-corrected chi connectivity index (χ3v) is 6.94. The van der Waals surface area contributed by atoms with E-state index < -0.39 is 20.7 Å². The largest absolute Gasteiger partial charge is 0.379 e. The minimum Gasteiger partial charge on any atom is -0.379 e. The monoisotopic (exact) mass is 386 g/mol. The van der Waals surface area contributed by atoms with Crippen LogP contribution in [0.4, 0.5) is 4.39 Å². The smallest absolute Gasteiger partial charge is 0.254 e. The van der Waals surface area contributed by atoms with E-state index in [2.05, 4.69) is 6.92 Å². The van der Waals surface area contributed by atoms with Gasteiger partial charge >= 0.3 is 0 Å². The second kappa shape index (κ2) is 7.99. The molecule has 2 heterocycles. The molecule has 2 saturated heterocycles. The first-order chi connectivity index (χ1) is 12.4. The molecule has 0 spiro atoms. The van der Waals surface area contributed by atoms with Crippen molar-refractivity contribution in [2.24, 2.45) is 0 Å². The van der Waals surface area contributed by atoms with E-state index in [1.54, 1.807) is 4.90 Å². The molecule has 2 aliphatic heterocycles. The number of halogens is 1. The van der Waals surface area contributed by atoms with Crippen molar-refractivity contribution in [1.29, 1.82) is 0 Å². The maximum Gasteiger partial charge on any atom is 0.254 e. The van der Waals surface area contributed by atoms with Gasteiger partial charge in [-0.2, -0.15) is 4.31 Å². The van der Waals surface area contributed by atoms with Gasteiger partial charge in [-0.15, -0.1) is 0 Å². The Morgan fingerprint density at radius 1 is 1.19 bits per heavy atom. The normalized spacial score (nSPS) is 20.3. The number of carbonyl (C=O) groups excluding carboxylic acids is 1. The number of piperazine rings is 1. The molecule has 26 heavy (non-hydrogen) atoms. The number of carbonyl (C=O) groups is 1. The fraction of sp³-hybridized carbons (Fsp3) is 0.588. The molecule has 1 aromatic carbocycles. The number of hydrogen-bond acceptors (Lipinski definition) is 4. The van der Waals surface area contributed by atoms with E-state index in [0.717, 1.165) is 25.7 Å². The van der Waals surface area contributed by atoms with Gasteiger partial charge in [0.05, 0.1) is 45.9 Å². The van der Waals surface area contributed by atoms with E-state index in [9.17, 15) is 17.6 Å². The van der Waals surface area contributed by atoms with Crippen molar-refractivity contribution in [2.75, 3.05) is 59.0 Å². The summed E-state index contributed by atoms with van der Waals surface area (Å²) in [7, 11) is -3.99. The highest BCUT2D eigenvalue weighted by Gasteiger charge is 2.31. The summed E-state index contributed by atoms with van der Waals surface area (Å²) in [4.78, 5) is 15.4. The summed E-state index contributed by atoms with van der Waals surface area (Å²) in [6, 6.07) is 3.59. The van der Waals surface area contributed by atoms with Gasteiger partial charge in [0.2, 0.25) is 10.0 Å². The summed E-state index contributed by atoms with van der Waals surface area (Å²) in [6.07, 6.45) is 0. The highest BCUT2D eigenvalue weighted by atomic mass is 32.2. The fourth-order valence-electron chi connectivity index (χ4n) is 3.32. The Balaban J connectivity index is 1.82. The molecule has 0 saturated carbocycles. The summed E-state index contributed by atoms with van der Waals surface area (Å²) >= 11 is 0. The zero-order valence-corrected chi connectivity index (χ0v) is 15.7. The van der Waals surface area contributed by atoms with Gasteiger partial charge in [0.25, 0.3) is 5.91 Å². The molecular weight excluding hydrogens is 361 g/mol. The Morgan fingerprint density at radius 2 is 1.85 bits per heavy atom. The fourth-order valence-corrected chi connectivity index (χ4v) is 4.82. The molecule has 1 amide bonds. The van der Waals surface area contributed by atoms with E-state index in [0.29, 0.717) is 13.1 Å². The number of likely N-dealkylation sites (N-methyl/N-ethyl adjacent to an activating group) is 1. The van der Waals surface area contributed by atoms with Crippen LogP contribution in [0, 0.1) is 5.82 Å². The first-order valence-corrected chi connectivity index (χ1v) is 10.4. The van der Waals surface area contributed by atoms with Crippen LogP contribution in [0.25, 0.3) is 0 Å². The number of nitrogens with one attached hydrogen (secondary N) is 1. The molecule has 2 fully saturated rings. The number of benzene rings is 1. The molecule has 3 rings (SSSR count). The minimum absolute atomic E-state index is 0.182. The molecule has 144 valence electrons. The maximum atomic E-state index is 14.3. The van der Waals surface area contributed by atoms with Crippen LogP contribution in [-0.4, -0.2) is 82.6 Å². The Labute approximate surface area is 153 Å². The lowest BCUT2D eigenvalue weighted by atomic mass is 10.1. The lowest BCUT2D eigenvalue weighted by molar-refractivity contribution is -0.902. The van der Waals surface area contributed by atoms with Crippen molar-refractivity contribution in [3.05, 3.63) is 29.6 Å². The minimum atomic E-state index is -3.99. The van der Waals surface area contributed by atoms with Crippen LogP contribution >= 0.6 is 0 Å². The van der Waals surface area contributed by atoms with Crippen LogP contribution in [0.15, 0.2) is 23.1 Å². The van der Waals surface area contributed by atoms with Crippen molar-refractivity contribution in [2.45, 2.75) is 11.8 Å². The third kappa shape index (κ3) is 3.90. The molecule has 1 N–H and O–H groups in total. The molecule has 0 atom stereocenters. The van der Waals surface area contributed by atoms with Crippen LogP contribution in [0.3, 0.4) is 0 Å². The molecule has 7 nitrogen and oxygen atoms in total. The van der Waals surface area contributed by atoms with Crippen molar-refractivity contribution in [1.82, 2.24) is 9.21 Å². The van der Waals surface area contributed by atoms with Gasteiger partial charge in [0.1, 0.15) is 10.7 Å². The highest BCUT2D eigenvalue weighted by molar-refractivity contribution is 7.89. The van der Waals surface area contributed by atoms with E-state index in [-0.39, 0.29) is 37.8 Å². The Hall–Kier alpha value is -1.55. The Kier molecular flexibility index (Phi) is 5.91. The van der Waals surface area contributed by atoms with Crippen LogP contribution < -0.4 is 4.90 Å². The van der Waals surface area contributed by atoms with Crippen LogP contribution in [0.1, 0.15) is 17.3 Å². The molecule has 0 radical (unpaired) electrons. The van der Waals surface area contributed by atoms with Gasteiger partial charge in [0.15, 0.2) is 0 Å². The lowest BCUT2D eigenvalue weighted by Gasteiger charge is -2.31. The number of quaternary nitrogens is 1. The average molecular weight is 386 g/mol. The van der Waals surface area contributed by atoms with Gasteiger partial charge in [-0.1, -0.05) is 0 Å². The van der Waals surface area contributed by atoms with Gasteiger partial charge in [-0.3, -0.25) is 4.79 Å². The van der Waals surface area contributed by atoms with E-state index in [1.807, 2.05) is 0 Å². The van der Waals surface area contributed by atoms with Gasteiger partial charge in [0, 0.05) is 18.7 Å². The van der Waals surface area contributed by atoms with E-state index in [4.69, 9.17) is 4.74 Å². The summed E-state index contributed by atoms with van der Waals surface area (Å²) in [5, 5.41) is 0. The highest BCUT2D eigenvalue weighted by Crippen LogP contribution is 2.22. The van der Waals surface area contributed by atoms with E-state index in [1.165, 1.54) is 21.3 Å². The SMILES string of the molecule is CC[NH+]1CCN(C(=O)c2ccc(F)c(S(=O)(=O)N3CCOCC3)c2)CC1. The zero-order valence-electron chi connectivity index (χ0n) is 14.9. The Morgan fingerprint density at radius 3 is 2.46 bits per heavy atom. The number of sulfonamides is 1. The van der Waals surface area contributed by atoms with Gasteiger partial charge in [-0.05, 0) is 25.1 Å². The lowest BCUT2D eigenvalue weighted by Crippen LogP contribution is -3.14. The van der Waals surface area contributed by atoms with Gasteiger partial charge in [-0.25, -0.2) is 12.8 Å². The zero-order chi connectivity index (χ0) is 18.7. The maximum absolute atomic E-state index is 14.3. The summed E-state index contributed by atoms with van der Waals surface area (Å²) < 4.78 is 46.1. The molecule has 1 aromatic rings. The van der Waals surface area contributed by atoms with Crippen molar-refractivity contribution in [3.63, 3.8) is 0 Å². The van der Waals surface area contributed by atoms with Crippen LogP contribution in [0.2, 0.25) is 0 Å². The number of hydrogen-bond donors (Lipinski definition) is 1. The molecule has 0 unspecified atom stereocenters. The second-order valence-corrected chi connectivity index (χ2v) is 8.46. The molecule has 0 aliphatic carbocycles. The number of amides is 1. The first-order valence-electron chi connectivity index (χ1n) is 8.93.